The van der Waals surface area contributed by atoms with Crippen molar-refractivity contribution in [2.75, 3.05) is 18.0 Å². The number of rotatable bonds is 11. The Morgan fingerprint density at radius 2 is 1.71 bits per heavy atom. The molecule has 2 heterocycles. The quantitative estimate of drug-likeness (QED) is 0.253. The van der Waals surface area contributed by atoms with E-state index < -0.39 is 6.10 Å². The van der Waals surface area contributed by atoms with Gasteiger partial charge in [-0.2, -0.15) is 4.98 Å². The van der Waals surface area contributed by atoms with Crippen molar-refractivity contribution in [3.63, 3.8) is 0 Å². The molecule has 8 heteroatoms. The topological polar surface area (TPSA) is 92.9 Å². The monoisotopic (exact) mass is 511 g/mol. The van der Waals surface area contributed by atoms with E-state index in [9.17, 15) is 14.4 Å². The van der Waals surface area contributed by atoms with Crippen LogP contribution in [-0.4, -0.2) is 46.7 Å². The largest absolute Gasteiger partial charge is 0.483 e. The molecule has 1 atom stereocenters. The molecule has 0 spiro atoms. The van der Waals surface area contributed by atoms with Crippen molar-refractivity contribution in [1.82, 2.24) is 9.88 Å². The molecule has 1 unspecified atom stereocenters. The lowest BCUT2D eigenvalue weighted by Crippen LogP contribution is -2.33. The minimum Gasteiger partial charge on any atom is -0.483 e. The van der Waals surface area contributed by atoms with Crippen LogP contribution in [0.1, 0.15) is 53.0 Å². The van der Waals surface area contributed by atoms with Gasteiger partial charge in [-0.05, 0) is 61.7 Å². The fourth-order valence-corrected chi connectivity index (χ4v) is 4.66. The predicted molar refractivity (Wildman–Crippen MR) is 143 cm³/mol. The Labute approximate surface area is 220 Å². The molecule has 3 aromatic carbocycles. The van der Waals surface area contributed by atoms with Gasteiger partial charge >= 0.3 is 0 Å². The molecule has 8 nitrogen and oxygen atoms in total. The van der Waals surface area contributed by atoms with E-state index >= 15 is 0 Å². The van der Waals surface area contributed by atoms with Crippen LogP contribution in [0.5, 0.6) is 5.75 Å². The Kier molecular flexibility index (Phi) is 7.22. The zero-order valence-electron chi connectivity index (χ0n) is 21.4. The molecule has 194 valence electrons. The highest BCUT2D eigenvalue weighted by atomic mass is 16.5. The summed E-state index contributed by atoms with van der Waals surface area (Å²) in [7, 11) is 0. The number of hydrogen-bond donors (Lipinski definition) is 0. The Bertz CT molecular complexity index is 1430. The second kappa shape index (κ2) is 10.9. The van der Waals surface area contributed by atoms with Crippen molar-refractivity contribution in [2.45, 2.75) is 39.3 Å². The van der Waals surface area contributed by atoms with E-state index in [4.69, 9.17) is 9.15 Å². The summed E-state index contributed by atoms with van der Waals surface area (Å²) in [6, 6.07) is 22.5. The lowest BCUT2D eigenvalue weighted by atomic mass is 10.1. The maximum atomic E-state index is 12.8. The summed E-state index contributed by atoms with van der Waals surface area (Å²) in [5, 5.41) is 0. The van der Waals surface area contributed by atoms with Crippen LogP contribution in [0, 0.1) is 0 Å². The third kappa shape index (κ3) is 5.16. The van der Waals surface area contributed by atoms with Crippen molar-refractivity contribution in [1.29, 1.82) is 0 Å². The van der Waals surface area contributed by atoms with Crippen molar-refractivity contribution >= 4 is 34.7 Å². The van der Waals surface area contributed by atoms with E-state index in [0.29, 0.717) is 54.4 Å². The van der Waals surface area contributed by atoms with Crippen LogP contribution in [-0.2, 0) is 11.3 Å². The Hall–Kier alpha value is -4.46. The number of fused-ring (bicyclic) bond motifs is 2. The number of nitrogens with zero attached hydrogens (tertiary/aromatic N) is 3. The van der Waals surface area contributed by atoms with Crippen LogP contribution in [0.3, 0.4) is 0 Å². The van der Waals surface area contributed by atoms with Gasteiger partial charge in [0.25, 0.3) is 17.8 Å². The van der Waals surface area contributed by atoms with Gasteiger partial charge in [-0.3, -0.25) is 19.3 Å². The van der Waals surface area contributed by atoms with Crippen molar-refractivity contribution in [3.05, 3.63) is 89.5 Å². The summed E-state index contributed by atoms with van der Waals surface area (Å²) in [4.78, 5) is 45.4. The van der Waals surface area contributed by atoms with Gasteiger partial charge in [-0.25, -0.2) is 0 Å². The van der Waals surface area contributed by atoms with Crippen LogP contribution in [0.15, 0.2) is 77.2 Å². The van der Waals surface area contributed by atoms with Gasteiger partial charge in [-0.15, -0.1) is 0 Å². The highest BCUT2D eigenvalue weighted by molar-refractivity contribution is 6.21. The number of ether oxygens (including phenoxy) is 1. The molecule has 0 aliphatic carbocycles. The molecule has 1 aromatic heterocycles. The summed E-state index contributed by atoms with van der Waals surface area (Å²) in [6.45, 7) is 4.68. The molecule has 2 amide bonds. The number of aromatic nitrogens is 1. The smallest absolute Gasteiger partial charge is 0.298 e. The Morgan fingerprint density at radius 1 is 1.00 bits per heavy atom. The molecule has 5 rings (SSSR count). The lowest BCUT2D eigenvalue weighted by Gasteiger charge is -2.23. The first-order valence-corrected chi connectivity index (χ1v) is 12.8. The van der Waals surface area contributed by atoms with Crippen LogP contribution in [0.4, 0.5) is 6.01 Å². The standard InChI is InChI=1S/C30H29N3O5/c1-3-26(20(2)34)37-22-11-8-10-21(18-22)19-32(30-31-25-14-6-7-15-27(25)38-30)16-9-17-33-28(35)23-12-4-5-13-24(23)29(33)36/h4-8,10-15,18,26H,3,9,16-17,19H2,1-2H3. The van der Waals surface area contributed by atoms with Crippen molar-refractivity contribution in [2.24, 2.45) is 0 Å². The van der Waals surface area contributed by atoms with E-state index in [2.05, 4.69) is 4.98 Å². The zero-order valence-corrected chi connectivity index (χ0v) is 21.4. The van der Waals surface area contributed by atoms with Crippen LogP contribution in [0.25, 0.3) is 11.1 Å². The number of benzene rings is 3. The summed E-state index contributed by atoms with van der Waals surface area (Å²) in [5.41, 5.74) is 3.26. The number of imide groups is 1. The second-order valence-corrected chi connectivity index (χ2v) is 9.32. The van der Waals surface area contributed by atoms with Crippen molar-refractivity contribution in [3.8, 4) is 5.75 Å². The molecular formula is C30H29N3O5. The minimum absolute atomic E-state index is 0.0147. The first kappa shape index (κ1) is 25.2. The SMILES string of the molecule is CCC(Oc1cccc(CN(CCCN2C(=O)c3ccccc3C2=O)c2nc3ccccc3o2)c1)C(C)=O. The number of carbonyl (C=O) groups is 3. The van der Waals surface area contributed by atoms with Gasteiger partial charge < -0.3 is 14.1 Å². The zero-order chi connectivity index (χ0) is 26.6. The third-order valence-electron chi connectivity index (χ3n) is 6.62. The second-order valence-electron chi connectivity index (χ2n) is 9.32. The first-order chi connectivity index (χ1) is 18.4. The summed E-state index contributed by atoms with van der Waals surface area (Å²) in [6.07, 6.45) is 0.632. The minimum atomic E-state index is -0.488. The lowest BCUT2D eigenvalue weighted by molar-refractivity contribution is -0.123. The molecular weight excluding hydrogens is 482 g/mol. The highest BCUT2D eigenvalue weighted by Crippen LogP contribution is 2.26. The predicted octanol–water partition coefficient (Wildman–Crippen LogP) is 5.27. The van der Waals surface area contributed by atoms with Crippen LogP contribution >= 0.6 is 0 Å². The van der Waals surface area contributed by atoms with Gasteiger partial charge in [0.2, 0.25) is 0 Å². The van der Waals surface area contributed by atoms with Crippen LogP contribution in [0.2, 0.25) is 0 Å². The number of Topliss-reactive ketones (excluding diaryl/α,β-unsaturated/α-hetero) is 1. The Balaban J connectivity index is 1.34. The number of hydrogen-bond acceptors (Lipinski definition) is 7. The van der Waals surface area contributed by atoms with E-state index in [1.807, 2.05) is 60.4 Å². The third-order valence-corrected chi connectivity index (χ3v) is 6.62. The maximum Gasteiger partial charge on any atom is 0.298 e. The average Bonchev–Trinajstić information content (AvgIpc) is 3.46. The maximum absolute atomic E-state index is 12.8. The molecule has 0 saturated heterocycles. The summed E-state index contributed by atoms with van der Waals surface area (Å²) < 4.78 is 12.0. The highest BCUT2D eigenvalue weighted by Gasteiger charge is 2.34. The average molecular weight is 512 g/mol. The molecule has 0 bridgehead atoms. The molecule has 0 saturated carbocycles. The number of para-hydroxylation sites is 2. The molecule has 0 N–H and O–H groups in total. The van der Waals surface area contributed by atoms with Gasteiger partial charge in [0.15, 0.2) is 17.5 Å². The number of carbonyl (C=O) groups excluding carboxylic acids is 3. The molecule has 4 aromatic rings. The van der Waals surface area contributed by atoms with Crippen molar-refractivity contribution < 1.29 is 23.5 Å². The summed E-state index contributed by atoms with van der Waals surface area (Å²) >= 11 is 0. The molecule has 1 aliphatic rings. The van der Waals surface area contributed by atoms with Gasteiger partial charge in [-0.1, -0.05) is 43.3 Å². The summed E-state index contributed by atoms with van der Waals surface area (Å²) in [5.74, 6) is 0.0758. The molecule has 0 radical (unpaired) electrons. The van der Waals surface area contributed by atoms with E-state index in [1.54, 1.807) is 24.3 Å². The molecule has 38 heavy (non-hydrogen) atoms. The van der Waals surface area contributed by atoms with Gasteiger partial charge in [0.1, 0.15) is 11.3 Å². The number of amides is 2. The van der Waals surface area contributed by atoms with Crippen LogP contribution < -0.4 is 9.64 Å². The Morgan fingerprint density at radius 3 is 2.39 bits per heavy atom. The molecule has 1 aliphatic heterocycles. The normalized spacial score (nSPS) is 13.6. The number of anilines is 1. The van der Waals surface area contributed by atoms with E-state index in [-0.39, 0.29) is 24.1 Å². The fraction of sp³-hybridized carbons (Fsp3) is 0.267. The molecule has 0 fully saturated rings. The van der Waals surface area contributed by atoms with Gasteiger partial charge in [0.05, 0.1) is 11.1 Å². The number of oxazole rings is 1. The van der Waals surface area contributed by atoms with E-state index in [0.717, 1.165) is 11.1 Å². The first-order valence-electron chi connectivity index (χ1n) is 12.8. The fourth-order valence-electron chi connectivity index (χ4n) is 4.66. The van der Waals surface area contributed by atoms with E-state index in [1.165, 1.54) is 11.8 Å². The van der Waals surface area contributed by atoms with Gasteiger partial charge in [0, 0.05) is 19.6 Å². The number of ketones is 1.